The zero-order valence-electron chi connectivity index (χ0n) is 14.7. The zero-order valence-corrected chi connectivity index (χ0v) is 14.7. The van der Waals surface area contributed by atoms with Gasteiger partial charge in [0.2, 0.25) is 5.91 Å². The molecule has 1 amide bonds. The maximum Gasteiger partial charge on any atom is 0.220 e. The molecule has 1 aromatic rings. The fraction of sp³-hybridized carbons (Fsp3) is 0.667. The second-order valence-electron chi connectivity index (χ2n) is 8.45. The Kier molecular flexibility index (Phi) is 4.28. The molecule has 0 unspecified atom stereocenters. The summed E-state index contributed by atoms with van der Waals surface area (Å²) >= 11 is 0. The Morgan fingerprint density at radius 1 is 1.08 bits per heavy atom. The van der Waals surface area contributed by atoms with Crippen molar-refractivity contribution in [2.75, 3.05) is 6.61 Å². The van der Waals surface area contributed by atoms with E-state index in [1.54, 1.807) is 0 Å². The van der Waals surface area contributed by atoms with Crippen molar-refractivity contribution in [2.24, 2.45) is 23.2 Å². The molecular formula is C21H29NO2. The minimum Gasteiger partial charge on any atom is -0.494 e. The molecule has 4 saturated carbocycles. The smallest absolute Gasteiger partial charge is 0.220 e. The topological polar surface area (TPSA) is 38.3 Å². The van der Waals surface area contributed by atoms with Crippen LogP contribution in [0.5, 0.6) is 5.75 Å². The van der Waals surface area contributed by atoms with Crippen molar-refractivity contribution in [2.45, 2.75) is 58.4 Å². The van der Waals surface area contributed by atoms with Gasteiger partial charge in [-0.25, -0.2) is 0 Å². The summed E-state index contributed by atoms with van der Waals surface area (Å²) in [6.07, 6.45) is 8.96. The average Bonchev–Trinajstić information content (AvgIpc) is 2.53. The Morgan fingerprint density at radius 2 is 1.67 bits per heavy atom. The number of ether oxygens (including phenoxy) is 1. The number of rotatable bonds is 6. The lowest BCUT2D eigenvalue weighted by Gasteiger charge is -2.56. The summed E-state index contributed by atoms with van der Waals surface area (Å²) < 4.78 is 5.46. The van der Waals surface area contributed by atoms with E-state index in [0.717, 1.165) is 35.5 Å². The van der Waals surface area contributed by atoms with Gasteiger partial charge in [-0.3, -0.25) is 4.79 Å². The Morgan fingerprint density at radius 3 is 2.21 bits per heavy atom. The molecular weight excluding hydrogens is 298 g/mol. The normalized spacial score (nSPS) is 33.5. The molecule has 0 heterocycles. The van der Waals surface area contributed by atoms with Gasteiger partial charge in [0, 0.05) is 13.0 Å². The van der Waals surface area contributed by atoms with Crippen LogP contribution in [0, 0.1) is 23.2 Å². The van der Waals surface area contributed by atoms with Crippen LogP contribution in [-0.2, 0) is 11.3 Å². The van der Waals surface area contributed by atoms with Crippen LogP contribution < -0.4 is 10.1 Å². The molecule has 3 nitrogen and oxygen atoms in total. The van der Waals surface area contributed by atoms with Gasteiger partial charge >= 0.3 is 0 Å². The van der Waals surface area contributed by atoms with E-state index in [0.29, 0.717) is 18.6 Å². The summed E-state index contributed by atoms with van der Waals surface area (Å²) in [5.74, 6) is 3.87. The molecule has 0 saturated heterocycles. The lowest BCUT2D eigenvalue weighted by molar-refractivity contribution is -0.129. The van der Waals surface area contributed by atoms with Gasteiger partial charge in [-0.15, -0.1) is 0 Å². The predicted molar refractivity (Wildman–Crippen MR) is 94.7 cm³/mol. The van der Waals surface area contributed by atoms with Gasteiger partial charge in [-0.2, -0.15) is 0 Å². The van der Waals surface area contributed by atoms with E-state index in [-0.39, 0.29) is 5.91 Å². The molecule has 0 aliphatic heterocycles. The first-order valence-corrected chi connectivity index (χ1v) is 9.62. The largest absolute Gasteiger partial charge is 0.494 e. The molecule has 4 aliphatic carbocycles. The lowest BCUT2D eigenvalue weighted by Crippen LogP contribution is -2.47. The van der Waals surface area contributed by atoms with E-state index in [1.807, 2.05) is 31.2 Å². The number of benzene rings is 1. The molecule has 0 spiro atoms. The van der Waals surface area contributed by atoms with Crippen LogP contribution in [0.4, 0.5) is 0 Å². The first kappa shape index (κ1) is 16.0. The van der Waals surface area contributed by atoms with Gasteiger partial charge < -0.3 is 10.1 Å². The van der Waals surface area contributed by atoms with Crippen LogP contribution in [0.15, 0.2) is 24.3 Å². The van der Waals surface area contributed by atoms with Crippen molar-refractivity contribution >= 4 is 5.91 Å². The molecule has 4 fully saturated rings. The fourth-order valence-electron chi connectivity index (χ4n) is 5.98. The number of nitrogens with one attached hydrogen (secondary N) is 1. The van der Waals surface area contributed by atoms with Crippen molar-refractivity contribution < 1.29 is 9.53 Å². The van der Waals surface area contributed by atoms with Gasteiger partial charge in [0.05, 0.1) is 6.61 Å². The molecule has 0 atom stereocenters. The van der Waals surface area contributed by atoms with Crippen molar-refractivity contribution in [3.8, 4) is 5.75 Å². The van der Waals surface area contributed by atoms with Crippen molar-refractivity contribution in [1.82, 2.24) is 5.32 Å². The third-order valence-corrected chi connectivity index (χ3v) is 6.42. The number of hydrogen-bond donors (Lipinski definition) is 1. The van der Waals surface area contributed by atoms with Crippen LogP contribution in [0.3, 0.4) is 0 Å². The summed E-state index contributed by atoms with van der Waals surface area (Å²) in [6, 6.07) is 8.03. The Bertz CT molecular complexity index is 557. The fourth-order valence-corrected chi connectivity index (χ4v) is 5.98. The molecule has 1 N–H and O–H groups in total. The predicted octanol–water partition coefficient (Wildman–Crippen LogP) is 4.31. The maximum absolute atomic E-state index is 12.5. The van der Waals surface area contributed by atoms with Crippen LogP contribution in [0.25, 0.3) is 0 Å². The number of carbonyl (C=O) groups excluding carboxylic acids is 1. The Hall–Kier alpha value is -1.51. The number of carbonyl (C=O) groups is 1. The van der Waals surface area contributed by atoms with Gasteiger partial charge in [0.25, 0.3) is 0 Å². The first-order chi connectivity index (χ1) is 11.6. The third kappa shape index (κ3) is 3.31. The number of amides is 1. The molecule has 0 aromatic heterocycles. The van der Waals surface area contributed by atoms with E-state index in [1.165, 1.54) is 38.5 Å². The highest BCUT2D eigenvalue weighted by Gasteiger charge is 2.51. The van der Waals surface area contributed by atoms with E-state index >= 15 is 0 Å². The summed E-state index contributed by atoms with van der Waals surface area (Å²) in [6.45, 7) is 3.29. The number of hydrogen-bond acceptors (Lipinski definition) is 2. The average molecular weight is 327 g/mol. The quantitative estimate of drug-likeness (QED) is 0.845. The van der Waals surface area contributed by atoms with E-state index in [2.05, 4.69) is 5.32 Å². The Balaban J connectivity index is 1.31. The summed E-state index contributed by atoms with van der Waals surface area (Å²) in [5, 5.41) is 3.15. The highest BCUT2D eigenvalue weighted by atomic mass is 16.5. The monoisotopic (exact) mass is 327 g/mol. The van der Waals surface area contributed by atoms with Crippen molar-refractivity contribution in [3.05, 3.63) is 29.8 Å². The molecule has 0 radical (unpaired) electrons. The van der Waals surface area contributed by atoms with Crippen molar-refractivity contribution in [1.29, 1.82) is 0 Å². The SMILES string of the molecule is CCOc1ccc(CNC(=O)CC23CC4CC(CC(C4)C2)C3)cc1. The highest BCUT2D eigenvalue weighted by molar-refractivity contribution is 5.76. The van der Waals surface area contributed by atoms with Crippen LogP contribution >= 0.6 is 0 Å². The second-order valence-corrected chi connectivity index (χ2v) is 8.45. The summed E-state index contributed by atoms with van der Waals surface area (Å²) in [7, 11) is 0. The van der Waals surface area contributed by atoms with E-state index in [9.17, 15) is 4.79 Å². The summed E-state index contributed by atoms with van der Waals surface area (Å²) in [4.78, 5) is 12.5. The summed E-state index contributed by atoms with van der Waals surface area (Å²) in [5.41, 5.74) is 1.47. The van der Waals surface area contributed by atoms with Gasteiger partial charge in [0.15, 0.2) is 0 Å². The molecule has 4 bridgehead atoms. The first-order valence-electron chi connectivity index (χ1n) is 9.62. The van der Waals surface area contributed by atoms with Gasteiger partial charge in [0.1, 0.15) is 5.75 Å². The van der Waals surface area contributed by atoms with Crippen LogP contribution in [0.2, 0.25) is 0 Å². The third-order valence-electron chi connectivity index (χ3n) is 6.42. The molecule has 5 rings (SSSR count). The Labute approximate surface area is 145 Å². The minimum absolute atomic E-state index is 0.242. The molecule has 3 heteroatoms. The molecule has 4 aliphatic rings. The van der Waals surface area contributed by atoms with Crippen molar-refractivity contribution in [3.63, 3.8) is 0 Å². The van der Waals surface area contributed by atoms with E-state index in [4.69, 9.17) is 4.74 Å². The van der Waals surface area contributed by atoms with Gasteiger partial charge in [-0.1, -0.05) is 12.1 Å². The van der Waals surface area contributed by atoms with Crippen LogP contribution in [0.1, 0.15) is 57.4 Å². The zero-order chi connectivity index (χ0) is 16.6. The molecule has 24 heavy (non-hydrogen) atoms. The standard InChI is InChI=1S/C21H29NO2/c1-2-24-19-5-3-15(4-6-19)14-22-20(23)13-21-10-16-7-17(11-21)9-18(8-16)12-21/h3-6,16-18H,2,7-14H2,1H3,(H,22,23). The second kappa shape index (κ2) is 6.42. The minimum atomic E-state index is 0.242. The lowest BCUT2D eigenvalue weighted by atomic mass is 9.49. The van der Waals surface area contributed by atoms with Gasteiger partial charge in [-0.05, 0) is 86.3 Å². The maximum atomic E-state index is 12.5. The van der Waals surface area contributed by atoms with E-state index < -0.39 is 0 Å². The molecule has 1 aromatic carbocycles. The highest BCUT2D eigenvalue weighted by Crippen LogP contribution is 2.61. The van der Waals surface area contributed by atoms with Crippen LogP contribution in [-0.4, -0.2) is 12.5 Å². The molecule has 130 valence electrons.